The first-order valence-electron chi connectivity index (χ1n) is 9.13. The molecule has 0 aromatic heterocycles. The largest absolute Gasteiger partial charge is 0.493 e. The van der Waals surface area contributed by atoms with Crippen molar-refractivity contribution in [3.63, 3.8) is 0 Å². The molecular formula is C20H23BrN2O5S. The Hall–Kier alpha value is -2.10. The third-order valence-corrected chi connectivity index (χ3v) is 7.25. The van der Waals surface area contributed by atoms with Gasteiger partial charge in [-0.1, -0.05) is 15.9 Å². The lowest BCUT2D eigenvalue weighted by molar-refractivity contribution is -0.120. The molecule has 2 aromatic rings. The van der Waals surface area contributed by atoms with Crippen molar-refractivity contribution in [3.8, 4) is 11.5 Å². The van der Waals surface area contributed by atoms with Crippen LogP contribution in [0.25, 0.3) is 0 Å². The minimum Gasteiger partial charge on any atom is -0.493 e. The second-order valence-corrected chi connectivity index (χ2v) is 9.57. The fourth-order valence-corrected chi connectivity index (χ4v) is 5.08. The van der Waals surface area contributed by atoms with Crippen LogP contribution in [0.3, 0.4) is 0 Å². The minimum atomic E-state index is -3.75. The van der Waals surface area contributed by atoms with Crippen LogP contribution in [-0.4, -0.2) is 45.9 Å². The number of halogens is 1. The number of amides is 1. The number of ether oxygens (including phenoxy) is 2. The summed E-state index contributed by atoms with van der Waals surface area (Å²) in [5.74, 6) is 0.203. The van der Waals surface area contributed by atoms with Gasteiger partial charge in [0, 0.05) is 29.3 Å². The van der Waals surface area contributed by atoms with Crippen molar-refractivity contribution >= 4 is 37.5 Å². The van der Waals surface area contributed by atoms with E-state index in [4.69, 9.17) is 9.47 Å². The summed E-state index contributed by atoms with van der Waals surface area (Å²) in [4.78, 5) is 12.8. The quantitative estimate of drug-likeness (QED) is 0.680. The van der Waals surface area contributed by atoms with E-state index in [0.29, 0.717) is 36.6 Å². The Morgan fingerprint density at radius 1 is 1.10 bits per heavy atom. The predicted octanol–water partition coefficient (Wildman–Crippen LogP) is 3.51. The van der Waals surface area contributed by atoms with Gasteiger partial charge < -0.3 is 14.8 Å². The zero-order valence-corrected chi connectivity index (χ0v) is 18.6. The van der Waals surface area contributed by atoms with Crippen molar-refractivity contribution in [1.82, 2.24) is 4.31 Å². The lowest BCUT2D eigenvalue weighted by Crippen LogP contribution is -2.43. The van der Waals surface area contributed by atoms with Gasteiger partial charge in [-0.25, -0.2) is 8.42 Å². The number of sulfonamides is 1. The summed E-state index contributed by atoms with van der Waals surface area (Å²) < 4.78 is 38.9. The molecule has 156 valence electrons. The number of benzene rings is 2. The fourth-order valence-electron chi connectivity index (χ4n) is 3.28. The summed E-state index contributed by atoms with van der Waals surface area (Å²) in [6, 6.07) is 11.8. The van der Waals surface area contributed by atoms with Crippen LogP contribution in [0.15, 0.2) is 51.8 Å². The monoisotopic (exact) mass is 482 g/mol. The summed E-state index contributed by atoms with van der Waals surface area (Å²) in [5.41, 5.74) is 0.679. The molecule has 0 bridgehead atoms. The number of nitrogens with one attached hydrogen (secondary N) is 1. The van der Waals surface area contributed by atoms with Crippen molar-refractivity contribution in [3.05, 3.63) is 46.9 Å². The molecule has 1 atom stereocenters. The molecule has 0 spiro atoms. The molecule has 1 heterocycles. The molecule has 0 saturated carbocycles. The number of rotatable bonds is 6. The van der Waals surface area contributed by atoms with Crippen LogP contribution in [0.5, 0.6) is 11.5 Å². The van der Waals surface area contributed by atoms with E-state index in [1.807, 2.05) is 12.1 Å². The first kappa shape index (κ1) is 21.6. The maximum Gasteiger partial charge on any atom is 0.243 e. The Balaban J connectivity index is 1.75. The van der Waals surface area contributed by atoms with Crippen LogP contribution in [-0.2, 0) is 14.8 Å². The van der Waals surface area contributed by atoms with Crippen molar-refractivity contribution in [1.29, 1.82) is 0 Å². The standard InChI is InChI=1S/C20H23BrN2O5S/c1-27-18-10-9-17(12-19(18)28-2)29(25,26)23-11-3-4-14(13-23)20(24)22-16-7-5-15(21)6-8-16/h5-10,12,14H,3-4,11,13H2,1-2H3,(H,22,24)/t14-/m1/s1. The van der Waals surface area contributed by atoms with Crippen LogP contribution in [0.4, 0.5) is 5.69 Å². The number of nitrogens with zero attached hydrogens (tertiary/aromatic N) is 1. The van der Waals surface area contributed by atoms with Gasteiger partial charge in [0.1, 0.15) is 0 Å². The van der Waals surface area contributed by atoms with Gasteiger partial charge in [-0.3, -0.25) is 4.79 Å². The van der Waals surface area contributed by atoms with Crippen molar-refractivity contribution in [2.24, 2.45) is 5.92 Å². The summed E-state index contributed by atoms with van der Waals surface area (Å²) in [5, 5.41) is 2.87. The Bertz CT molecular complexity index is 979. The average molecular weight is 483 g/mol. The molecule has 1 saturated heterocycles. The van der Waals surface area contributed by atoms with Gasteiger partial charge in [-0.15, -0.1) is 0 Å². The summed E-state index contributed by atoms with van der Waals surface area (Å²) >= 11 is 3.36. The molecule has 0 unspecified atom stereocenters. The van der Waals surface area contributed by atoms with Gasteiger partial charge in [0.25, 0.3) is 0 Å². The van der Waals surface area contributed by atoms with E-state index in [1.54, 1.807) is 18.2 Å². The van der Waals surface area contributed by atoms with Gasteiger partial charge in [0.05, 0.1) is 25.0 Å². The van der Waals surface area contributed by atoms with Crippen LogP contribution >= 0.6 is 15.9 Å². The maximum atomic E-state index is 13.1. The highest BCUT2D eigenvalue weighted by molar-refractivity contribution is 9.10. The number of hydrogen-bond acceptors (Lipinski definition) is 5. The van der Waals surface area contributed by atoms with E-state index in [2.05, 4.69) is 21.2 Å². The second-order valence-electron chi connectivity index (χ2n) is 6.72. The Morgan fingerprint density at radius 3 is 2.45 bits per heavy atom. The van der Waals surface area contributed by atoms with E-state index >= 15 is 0 Å². The lowest BCUT2D eigenvalue weighted by Gasteiger charge is -2.31. The molecule has 7 nitrogen and oxygen atoms in total. The van der Waals surface area contributed by atoms with Gasteiger partial charge in [0.2, 0.25) is 15.9 Å². The van der Waals surface area contributed by atoms with Crippen molar-refractivity contribution < 1.29 is 22.7 Å². The topological polar surface area (TPSA) is 84.9 Å². The molecule has 2 aromatic carbocycles. The molecule has 9 heteroatoms. The van der Waals surface area contributed by atoms with Gasteiger partial charge in [-0.05, 0) is 49.2 Å². The van der Waals surface area contributed by atoms with Gasteiger partial charge in [-0.2, -0.15) is 4.31 Å². The number of piperidine rings is 1. The van der Waals surface area contributed by atoms with Crippen LogP contribution in [0.2, 0.25) is 0 Å². The summed E-state index contributed by atoms with van der Waals surface area (Å²) in [7, 11) is -0.806. The van der Waals surface area contributed by atoms with E-state index in [1.165, 1.54) is 30.7 Å². The first-order chi connectivity index (χ1) is 13.8. The number of carbonyl (C=O) groups is 1. The molecule has 1 N–H and O–H groups in total. The van der Waals surface area contributed by atoms with E-state index in [9.17, 15) is 13.2 Å². The Morgan fingerprint density at radius 2 is 1.79 bits per heavy atom. The second kappa shape index (κ2) is 9.15. The van der Waals surface area contributed by atoms with E-state index < -0.39 is 15.9 Å². The highest BCUT2D eigenvalue weighted by Crippen LogP contribution is 2.32. The molecule has 1 aliphatic heterocycles. The highest BCUT2D eigenvalue weighted by Gasteiger charge is 2.33. The molecule has 1 aliphatic rings. The van der Waals surface area contributed by atoms with Crippen LogP contribution in [0.1, 0.15) is 12.8 Å². The maximum absolute atomic E-state index is 13.1. The first-order valence-corrected chi connectivity index (χ1v) is 11.4. The summed E-state index contributed by atoms with van der Waals surface area (Å²) in [6.07, 6.45) is 1.26. The third kappa shape index (κ3) is 4.91. The molecular weight excluding hydrogens is 460 g/mol. The van der Waals surface area contributed by atoms with Crippen LogP contribution in [0, 0.1) is 5.92 Å². The zero-order valence-electron chi connectivity index (χ0n) is 16.2. The summed E-state index contributed by atoms with van der Waals surface area (Å²) in [6.45, 7) is 0.512. The van der Waals surface area contributed by atoms with E-state index in [0.717, 1.165) is 4.47 Å². The number of anilines is 1. The third-order valence-electron chi connectivity index (χ3n) is 4.86. The molecule has 1 fully saturated rings. The molecule has 3 rings (SSSR count). The van der Waals surface area contributed by atoms with Crippen molar-refractivity contribution in [2.45, 2.75) is 17.7 Å². The minimum absolute atomic E-state index is 0.115. The van der Waals surface area contributed by atoms with E-state index in [-0.39, 0.29) is 17.3 Å². The smallest absolute Gasteiger partial charge is 0.243 e. The van der Waals surface area contributed by atoms with Gasteiger partial charge in [0.15, 0.2) is 11.5 Å². The normalized spacial score (nSPS) is 17.6. The number of methoxy groups -OCH3 is 2. The number of carbonyl (C=O) groups excluding carboxylic acids is 1. The molecule has 1 amide bonds. The Kier molecular flexibility index (Phi) is 6.81. The average Bonchev–Trinajstić information content (AvgIpc) is 2.74. The van der Waals surface area contributed by atoms with Gasteiger partial charge >= 0.3 is 0 Å². The number of hydrogen-bond donors (Lipinski definition) is 1. The SMILES string of the molecule is COc1ccc(S(=O)(=O)N2CCC[C@@H](C(=O)Nc3ccc(Br)cc3)C2)cc1OC. The highest BCUT2D eigenvalue weighted by atomic mass is 79.9. The van der Waals surface area contributed by atoms with Crippen molar-refractivity contribution in [2.75, 3.05) is 32.6 Å². The fraction of sp³-hybridized carbons (Fsp3) is 0.350. The van der Waals surface area contributed by atoms with Crippen LogP contribution < -0.4 is 14.8 Å². The molecule has 0 radical (unpaired) electrons. The zero-order chi connectivity index (χ0) is 21.0. The Labute approximate surface area is 179 Å². The molecule has 0 aliphatic carbocycles. The predicted molar refractivity (Wildman–Crippen MR) is 114 cm³/mol. The lowest BCUT2D eigenvalue weighted by atomic mass is 9.99. The molecule has 29 heavy (non-hydrogen) atoms.